The summed E-state index contributed by atoms with van der Waals surface area (Å²) in [5.74, 6) is -2.15. The molecule has 0 saturated carbocycles. The first kappa shape index (κ1) is 20.5. The van der Waals surface area contributed by atoms with Crippen LogP contribution in [0.1, 0.15) is 18.9 Å². The van der Waals surface area contributed by atoms with Gasteiger partial charge in [0.1, 0.15) is 0 Å². The van der Waals surface area contributed by atoms with E-state index in [4.69, 9.17) is 0 Å². The van der Waals surface area contributed by atoms with Crippen LogP contribution < -0.4 is 4.74 Å². The number of rotatable bonds is 7. The summed E-state index contributed by atoms with van der Waals surface area (Å²) < 4.78 is 57.1. The number of aryl methyl sites for hydroxylation is 1. The lowest BCUT2D eigenvalue weighted by Crippen LogP contribution is -1.95. The van der Waals surface area contributed by atoms with E-state index in [0.29, 0.717) is 23.7 Å². The molecule has 3 rings (SSSR count). The van der Waals surface area contributed by atoms with Gasteiger partial charge in [-0.25, -0.2) is 27.5 Å². The first-order valence-corrected chi connectivity index (χ1v) is 9.00. The van der Waals surface area contributed by atoms with Crippen molar-refractivity contribution in [2.75, 3.05) is 0 Å². The summed E-state index contributed by atoms with van der Waals surface area (Å²) in [6.07, 6.45) is 3.67. The second kappa shape index (κ2) is 9.32. The maximum atomic E-state index is 14.2. The number of hydrogen-bond donors (Lipinski definition) is 0. The Morgan fingerprint density at radius 2 is 1.52 bits per heavy atom. The number of nitrogens with zero attached hydrogens (tertiary/aromatic N) is 2. The Morgan fingerprint density at radius 1 is 0.931 bits per heavy atom. The standard InChI is InChI=1S/C22H18F4N2O/c1-2-3-14-12-27-22(28-13-14)16-6-4-15(5-7-16)17-10-18(23)21(19(24)11-17)29-9-8-20(25)26/h4-13,20H,2-3H2,1H3/b9-8+. The second-order valence-electron chi connectivity index (χ2n) is 6.29. The highest BCUT2D eigenvalue weighted by atomic mass is 19.3. The SMILES string of the molecule is CCCc1cnc(-c2ccc(-c3cc(F)c(O/C=C/C(F)F)c(F)c3)cc2)nc1. The first-order chi connectivity index (χ1) is 14.0. The first-order valence-electron chi connectivity index (χ1n) is 9.00. The van der Waals surface area contributed by atoms with Crippen LogP contribution in [-0.2, 0) is 6.42 Å². The molecule has 2 aromatic carbocycles. The van der Waals surface area contributed by atoms with E-state index in [2.05, 4.69) is 21.6 Å². The monoisotopic (exact) mass is 402 g/mol. The third kappa shape index (κ3) is 5.19. The van der Waals surface area contributed by atoms with Crippen LogP contribution in [0.4, 0.5) is 17.6 Å². The van der Waals surface area contributed by atoms with Crippen LogP contribution >= 0.6 is 0 Å². The fourth-order valence-corrected chi connectivity index (χ4v) is 2.74. The van der Waals surface area contributed by atoms with Crippen molar-refractivity contribution in [1.29, 1.82) is 0 Å². The van der Waals surface area contributed by atoms with Crippen LogP contribution in [0.15, 0.2) is 61.1 Å². The third-order valence-corrected chi connectivity index (χ3v) is 4.13. The number of aromatic nitrogens is 2. The van der Waals surface area contributed by atoms with Gasteiger partial charge >= 0.3 is 0 Å². The molecule has 0 N–H and O–H groups in total. The van der Waals surface area contributed by atoms with Crippen LogP contribution in [0.2, 0.25) is 0 Å². The Labute approximate surface area is 165 Å². The molecule has 0 spiro atoms. The van der Waals surface area contributed by atoms with Crippen LogP contribution in [0, 0.1) is 11.6 Å². The molecule has 150 valence electrons. The number of ether oxygens (including phenoxy) is 1. The van der Waals surface area contributed by atoms with E-state index >= 15 is 0 Å². The zero-order valence-electron chi connectivity index (χ0n) is 15.6. The fourth-order valence-electron chi connectivity index (χ4n) is 2.74. The number of benzene rings is 2. The topological polar surface area (TPSA) is 35.0 Å². The van der Waals surface area contributed by atoms with Gasteiger partial charge in [0.2, 0.25) is 0 Å². The largest absolute Gasteiger partial charge is 0.459 e. The molecular formula is C22H18F4N2O. The molecule has 0 bridgehead atoms. The minimum atomic E-state index is -2.77. The molecule has 7 heteroatoms. The fraction of sp³-hybridized carbons (Fsp3) is 0.182. The summed E-state index contributed by atoms with van der Waals surface area (Å²) >= 11 is 0. The maximum absolute atomic E-state index is 14.2. The van der Waals surface area contributed by atoms with Crippen LogP contribution in [0.25, 0.3) is 22.5 Å². The Morgan fingerprint density at radius 3 is 2.07 bits per heavy atom. The van der Waals surface area contributed by atoms with Crippen molar-refractivity contribution in [2.45, 2.75) is 26.2 Å². The van der Waals surface area contributed by atoms with Gasteiger partial charge in [-0.15, -0.1) is 0 Å². The van der Waals surface area contributed by atoms with Gasteiger partial charge in [0, 0.05) is 24.0 Å². The molecule has 0 aliphatic heterocycles. The smallest absolute Gasteiger partial charge is 0.260 e. The predicted molar refractivity (Wildman–Crippen MR) is 103 cm³/mol. The number of allylic oxidation sites excluding steroid dienone is 1. The summed E-state index contributed by atoms with van der Waals surface area (Å²) in [6, 6.07) is 9.08. The van der Waals surface area contributed by atoms with Gasteiger partial charge < -0.3 is 4.74 Å². The van der Waals surface area contributed by atoms with Gasteiger partial charge in [0.15, 0.2) is 23.2 Å². The molecule has 1 aromatic heterocycles. The van der Waals surface area contributed by atoms with E-state index in [0.717, 1.165) is 36.1 Å². The van der Waals surface area contributed by atoms with Crippen molar-refractivity contribution in [3.63, 3.8) is 0 Å². The van der Waals surface area contributed by atoms with Gasteiger partial charge in [-0.1, -0.05) is 37.6 Å². The molecule has 0 atom stereocenters. The summed E-state index contributed by atoms with van der Waals surface area (Å²) in [5.41, 5.74) is 2.69. The second-order valence-corrected chi connectivity index (χ2v) is 6.29. The normalized spacial score (nSPS) is 11.4. The lowest BCUT2D eigenvalue weighted by Gasteiger charge is -2.08. The van der Waals surface area contributed by atoms with Crippen LogP contribution in [0.5, 0.6) is 5.75 Å². The van der Waals surface area contributed by atoms with E-state index in [1.165, 1.54) is 0 Å². The Bertz CT molecular complexity index is 964. The molecule has 1 heterocycles. The van der Waals surface area contributed by atoms with E-state index in [1.54, 1.807) is 36.7 Å². The number of alkyl halides is 2. The zero-order valence-corrected chi connectivity index (χ0v) is 15.6. The summed E-state index contributed by atoms with van der Waals surface area (Å²) in [7, 11) is 0. The average molecular weight is 402 g/mol. The molecule has 0 aliphatic rings. The van der Waals surface area contributed by atoms with Crippen molar-refractivity contribution in [1.82, 2.24) is 9.97 Å². The van der Waals surface area contributed by atoms with Crippen molar-refractivity contribution in [2.24, 2.45) is 0 Å². The zero-order chi connectivity index (χ0) is 20.8. The minimum Gasteiger partial charge on any atom is -0.459 e. The van der Waals surface area contributed by atoms with E-state index in [9.17, 15) is 17.6 Å². The Hall–Kier alpha value is -3.22. The number of hydrogen-bond acceptors (Lipinski definition) is 3. The highest BCUT2D eigenvalue weighted by molar-refractivity contribution is 5.68. The lowest BCUT2D eigenvalue weighted by molar-refractivity contribution is 0.200. The molecule has 0 fully saturated rings. The highest BCUT2D eigenvalue weighted by Crippen LogP contribution is 2.30. The molecule has 29 heavy (non-hydrogen) atoms. The molecule has 0 amide bonds. The van der Waals surface area contributed by atoms with Gasteiger partial charge in [0.05, 0.1) is 6.26 Å². The van der Waals surface area contributed by atoms with Gasteiger partial charge in [-0.2, -0.15) is 0 Å². The van der Waals surface area contributed by atoms with Gasteiger partial charge in [-0.3, -0.25) is 0 Å². The molecule has 3 aromatic rings. The van der Waals surface area contributed by atoms with E-state index < -0.39 is 23.8 Å². The van der Waals surface area contributed by atoms with Crippen molar-refractivity contribution < 1.29 is 22.3 Å². The quantitative estimate of drug-likeness (QED) is 0.349. The third-order valence-electron chi connectivity index (χ3n) is 4.13. The lowest BCUT2D eigenvalue weighted by atomic mass is 10.0. The highest BCUT2D eigenvalue weighted by Gasteiger charge is 2.14. The van der Waals surface area contributed by atoms with Gasteiger partial charge in [0.25, 0.3) is 6.43 Å². The molecule has 0 radical (unpaired) electrons. The van der Waals surface area contributed by atoms with Crippen molar-refractivity contribution >= 4 is 0 Å². The van der Waals surface area contributed by atoms with E-state index in [-0.39, 0.29) is 5.56 Å². The molecule has 3 nitrogen and oxygen atoms in total. The summed E-state index contributed by atoms with van der Waals surface area (Å²) in [4.78, 5) is 8.69. The molecule has 0 unspecified atom stereocenters. The van der Waals surface area contributed by atoms with Crippen LogP contribution in [-0.4, -0.2) is 16.4 Å². The molecule has 0 saturated heterocycles. The number of halogens is 4. The molecule has 0 aliphatic carbocycles. The van der Waals surface area contributed by atoms with Crippen LogP contribution in [0.3, 0.4) is 0 Å². The van der Waals surface area contributed by atoms with Crippen molar-refractivity contribution in [3.05, 3.63) is 78.3 Å². The average Bonchev–Trinajstić information content (AvgIpc) is 2.71. The molecular weight excluding hydrogens is 384 g/mol. The van der Waals surface area contributed by atoms with Crippen molar-refractivity contribution in [3.8, 4) is 28.3 Å². The summed E-state index contributed by atoms with van der Waals surface area (Å²) in [6.45, 7) is 2.08. The maximum Gasteiger partial charge on any atom is 0.260 e. The predicted octanol–water partition coefficient (Wildman–Crippen LogP) is 6.20. The Balaban J connectivity index is 1.80. The van der Waals surface area contributed by atoms with Gasteiger partial charge in [-0.05, 0) is 35.2 Å². The minimum absolute atomic E-state index is 0.288. The van der Waals surface area contributed by atoms with E-state index in [1.807, 2.05) is 0 Å². The summed E-state index contributed by atoms with van der Waals surface area (Å²) in [5, 5.41) is 0. The Kier molecular flexibility index (Phi) is 6.59.